The molecule has 1 aromatic carbocycles. The summed E-state index contributed by atoms with van der Waals surface area (Å²) in [5.41, 5.74) is 1.11. The standard InChI is InChI=1S/C14H18N2O2S/c1-11-5-2-3-6-12(11)18-9-4-7-13(17)16-14-15-8-10-19-14/h2-3,5-6H,4,7-10H2,1H3,(H,15,16,17). The topological polar surface area (TPSA) is 50.7 Å². The highest BCUT2D eigenvalue weighted by molar-refractivity contribution is 8.14. The normalized spacial score (nSPS) is 14.1. The first kappa shape index (κ1) is 13.9. The van der Waals surface area contributed by atoms with Crippen molar-refractivity contribution in [3.8, 4) is 5.75 Å². The Balaban J connectivity index is 1.64. The fourth-order valence-electron chi connectivity index (χ4n) is 1.73. The molecule has 1 heterocycles. The van der Waals surface area contributed by atoms with Gasteiger partial charge in [0.1, 0.15) is 5.75 Å². The lowest BCUT2D eigenvalue weighted by Gasteiger charge is -2.08. The highest BCUT2D eigenvalue weighted by Gasteiger charge is 2.10. The first-order valence-electron chi connectivity index (χ1n) is 6.41. The number of aliphatic imine (C=N–C) groups is 1. The van der Waals surface area contributed by atoms with Gasteiger partial charge in [0.05, 0.1) is 13.2 Å². The van der Waals surface area contributed by atoms with Gasteiger partial charge in [0, 0.05) is 12.2 Å². The van der Waals surface area contributed by atoms with Gasteiger partial charge in [0.25, 0.3) is 0 Å². The third kappa shape index (κ3) is 4.59. The Bertz CT molecular complexity index is 474. The van der Waals surface area contributed by atoms with Crippen molar-refractivity contribution in [3.63, 3.8) is 0 Å². The van der Waals surface area contributed by atoms with Gasteiger partial charge in [-0.15, -0.1) is 0 Å². The summed E-state index contributed by atoms with van der Waals surface area (Å²) in [4.78, 5) is 15.8. The second-order valence-electron chi connectivity index (χ2n) is 4.30. The van der Waals surface area contributed by atoms with Gasteiger partial charge < -0.3 is 10.1 Å². The lowest BCUT2D eigenvalue weighted by Crippen LogP contribution is -2.27. The zero-order chi connectivity index (χ0) is 13.5. The molecule has 0 aliphatic carbocycles. The number of carbonyl (C=O) groups is 1. The third-order valence-electron chi connectivity index (χ3n) is 2.73. The molecule has 0 unspecified atom stereocenters. The summed E-state index contributed by atoms with van der Waals surface area (Å²) in [6.45, 7) is 3.37. The SMILES string of the molecule is Cc1ccccc1OCCCC(=O)NC1=NCCS1. The van der Waals surface area contributed by atoms with Gasteiger partial charge >= 0.3 is 0 Å². The largest absolute Gasteiger partial charge is 0.493 e. The van der Waals surface area contributed by atoms with E-state index in [1.165, 1.54) is 0 Å². The molecule has 0 saturated heterocycles. The Hall–Kier alpha value is -1.49. The monoisotopic (exact) mass is 278 g/mol. The molecule has 19 heavy (non-hydrogen) atoms. The number of hydrogen-bond acceptors (Lipinski definition) is 4. The summed E-state index contributed by atoms with van der Waals surface area (Å²) in [6, 6.07) is 7.89. The average Bonchev–Trinajstić information content (AvgIpc) is 2.89. The van der Waals surface area contributed by atoms with Crippen molar-refractivity contribution in [2.75, 3.05) is 18.9 Å². The van der Waals surface area contributed by atoms with Crippen LogP contribution >= 0.6 is 11.8 Å². The average molecular weight is 278 g/mol. The second-order valence-corrected chi connectivity index (χ2v) is 5.38. The maximum absolute atomic E-state index is 11.6. The lowest BCUT2D eigenvalue weighted by molar-refractivity contribution is -0.119. The highest BCUT2D eigenvalue weighted by atomic mass is 32.2. The number of benzene rings is 1. The molecule has 0 radical (unpaired) electrons. The number of ether oxygens (including phenoxy) is 1. The molecule has 0 aromatic heterocycles. The van der Waals surface area contributed by atoms with Crippen LogP contribution in [0.5, 0.6) is 5.75 Å². The summed E-state index contributed by atoms with van der Waals surface area (Å²) < 4.78 is 5.64. The molecule has 1 aliphatic rings. The van der Waals surface area contributed by atoms with Crippen LogP contribution in [0.3, 0.4) is 0 Å². The second kappa shape index (κ2) is 7.19. The molecular formula is C14H18N2O2S. The molecule has 1 aliphatic heterocycles. The van der Waals surface area contributed by atoms with Crippen molar-refractivity contribution in [2.45, 2.75) is 19.8 Å². The fourth-order valence-corrected chi connectivity index (χ4v) is 2.47. The minimum Gasteiger partial charge on any atom is -0.493 e. The Labute approximate surface area is 117 Å². The maximum atomic E-state index is 11.6. The molecule has 4 nitrogen and oxygen atoms in total. The maximum Gasteiger partial charge on any atom is 0.226 e. The van der Waals surface area contributed by atoms with E-state index >= 15 is 0 Å². The van der Waals surface area contributed by atoms with Crippen LogP contribution in [0, 0.1) is 6.92 Å². The summed E-state index contributed by atoms with van der Waals surface area (Å²) in [5, 5.41) is 3.56. The molecule has 0 spiro atoms. The zero-order valence-electron chi connectivity index (χ0n) is 11.0. The minimum atomic E-state index is 0.0153. The Morgan fingerprint density at radius 1 is 1.47 bits per heavy atom. The number of thioether (sulfide) groups is 1. The molecule has 0 fully saturated rings. The molecule has 2 rings (SSSR count). The predicted molar refractivity (Wildman–Crippen MR) is 78.8 cm³/mol. The van der Waals surface area contributed by atoms with Crippen LogP contribution in [0.2, 0.25) is 0 Å². The van der Waals surface area contributed by atoms with Crippen LogP contribution in [0.25, 0.3) is 0 Å². The van der Waals surface area contributed by atoms with E-state index in [9.17, 15) is 4.79 Å². The lowest BCUT2D eigenvalue weighted by atomic mass is 10.2. The van der Waals surface area contributed by atoms with E-state index in [4.69, 9.17) is 4.74 Å². The summed E-state index contributed by atoms with van der Waals surface area (Å²) in [7, 11) is 0. The summed E-state index contributed by atoms with van der Waals surface area (Å²) in [6.07, 6.45) is 1.17. The summed E-state index contributed by atoms with van der Waals surface area (Å²) in [5.74, 6) is 1.87. The Morgan fingerprint density at radius 3 is 3.05 bits per heavy atom. The number of nitrogens with zero attached hydrogens (tertiary/aromatic N) is 1. The minimum absolute atomic E-state index is 0.0153. The molecule has 0 saturated carbocycles. The van der Waals surface area contributed by atoms with Crippen LogP contribution in [0.1, 0.15) is 18.4 Å². The van der Waals surface area contributed by atoms with E-state index in [1.807, 2.05) is 31.2 Å². The van der Waals surface area contributed by atoms with Gasteiger partial charge in [-0.25, -0.2) is 0 Å². The molecule has 1 N–H and O–H groups in total. The van der Waals surface area contributed by atoms with E-state index in [1.54, 1.807) is 11.8 Å². The van der Waals surface area contributed by atoms with Crippen molar-refractivity contribution >= 4 is 22.8 Å². The summed E-state index contributed by atoms with van der Waals surface area (Å²) >= 11 is 1.60. The molecule has 1 aromatic rings. The van der Waals surface area contributed by atoms with Crippen LogP contribution in [0.15, 0.2) is 29.3 Å². The van der Waals surface area contributed by atoms with Crippen molar-refractivity contribution in [1.82, 2.24) is 5.32 Å². The van der Waals surface area contributed by atoms with Gasteiger partial charge in [0.2, 0.25) is 5.91 Å². The number of aryl methyl sites for hydroxylation is 1. The van der Waals surface area contributed by atoms with Crippen LogP contribution in [-0.2, 0) is 4.79 Å². The predicted octanol–water partition coefficient (Wildman–Crippen LogP) is 2.37. The van der Waals surface area contributed by atoms with E-state index in [0.717, 1.165) is 28.8 Å². The number of hydrogen-bond donors (Lipinski definition) is 1. The first-order valence-corrected chi connectivity index (χ1v) is 7.40. The Kier molecular flexibility index (Phi) is 5.27. The molecule has 0 bridgehead atoms. The van der Waals surface area contributed by atoms with Gasteiger partial charge in [-0.2, -0.15) is 0 Å². The number of amides is 1. The zero-order valence-corrected chi connectivity index (χ0v) is 11.8. The molecule has 0 atom stereocenters. The van der Waals surface area contributed by atoms with Gasteiger partial charge in [-0.05, 0) is 25.0 Å². The fraction of sp³-hybridized carbons (Fsp3) is 0.429. The molecular weight excluding hydrogens is 260 g/mol. The first-order chi connectivity index (χ1) is 9.25. The van der Waals surface area contributed by atoms with Crippen molar-refractivity contribution < 1.29 is 9.53 Å². The molecule has 102 valence electrons. The van der Waals surface area contributed by atoms with Gasteiger partial charge in [-0.1, -0.05) is 30.0 Å². The molecule has 1 amide bonds. The number of para-hydroxylation sites is 1. The third-order valence-corrected chi connectivity index (χ3v) is 3.62. The van der Waals surface area contributed by atoms with Crippen LogP contribution in [0.4, 0.5) is 0 Å². The quantitative estimate of drug-likeness (QED) is 0.841. The molecule has 5 heteroatoms. The van der Waals surface area contributed by atoms with Crippen LogP contribution < -0.4 is 10.1 Å². The van der Waals surface area contributed by atoms with E-state index in [0.29, 0.717) is 19.4 Å². The van der Waals surface area contributed by atoms with Crippen molar-refractivity contribution in [3.05, 3.63) is 29.8 Å². The number of nitrogens with one attached hydrogen (secondary N) is 1. The van der Waals surface area contributed by atoms with Gasteiger partial charge in [-0.3, -0.25) is 9.79 Å². The number of amidine groups is 1. The number of rotatable bonds is 5. The van der Waals surface area contributed by atoms with Crippen molar-refractivity contribution in [1.29, 1.82) is 0 Å². The van der Waals surface area contributed by atoms with E-state index < -0.39 is 0 Å². The highest BCUT2D eigenvalue weighted by Crippen LogP contribution is 2.16. The van der Waals surface area contributed by atoms with E-state index in [2.05, 4.69) is 10.3 Å². The Morgan fingerprint density at radius 2 is 2.32 bits per heavy atom. The smallest absolute Gasteiger partial charge is 0.226 e. The van der Waals surface area contributed by atoms with Crippen LogP contribution in [-0.4, -0.2) is 30.0 Å². The van der Waals surface area contributed by atoms with Gasteiger partial charge in [0.15, 0.2) is 5.17 Å². The van der Waals surface area contributed by atoms with Crippen molar-refractivity contribution in [2.24, 2.45) is 4.99 Å². The van der Waals surface area contributed by atoms with E-state index in [-0.39, 0.29) is 5.91 Å². The number of carbonyl (C=O) groups excluding carboxylic acids is 1.